The third kappa shape index (κ3) is 7.28. The van der Waals surface area contributed by atoms with Crippen LogP contribution in [-0.4, -0.2) is 31.8 Å². The maximum atomic E-state index is 12.3. The summed E-state index contributed by atoms with van der Waals surface area (Å²) in [7, 11) is 1.66. The lowest BCUT2D eigenvalue weighted by Crippen LogP contribution is -2.38. The van der Waals surface area contributed by atoms with Crippen LogP contribution in [0.5, 0.6) is 5.75 Å². The zero-order chi connectivity index (χ0) is 16.2. The zero-order valence-electron chi connectivity index (χ0n) is 13.0. The van der Waals surface area contributed by atoms with E-state index in [1.165, 1.54) is 0 Å². The monoisotopic (exact) mass is 443 g/mol. The molecule has 0 heterocycles. The number of ether oxygens (including phenoxy) is 1. The Bertz CT molecular complexity index is 545. The number of halogens is 4. The second-order valence-electron chi connectivity index (χ2n) is 5.36. The van der Waals surface area contributed by atoms with Crippen molar-refractivity contribution in [2.24, 2.45) is 4.99 Å². The van der Waals surface area contributed by atoms with Crippen LogP contribution in [0.15, 0.2) is 23.2 Å². The topological polar surface area (TPSA) is 45.7 Å². The molecular weight excluding hydrogens is 422 g/mol. The highest BCUT2D eigenvalue weighted by Gasteiger charge is 2.29. The molecule has 4 nitrogen and oxygen atoms in total. The molecule has 1 saturated carbocycles. The van der Waals surface area contributed by atoms with E-state index in [4.69, 9.17) is 4.74 Å². The minimum atomic E-state index is -4.35. The van der Waals surface area contributed by atoms with Gasteiger partial charge in [0.25, 0.3) is 0 Å². The summed E-state index contributed by atoms with van der Waals surface area (Å²) in [4.78, 5) is 4.09. The number of aliphatic imine (C=N–C) groups is 1. The first-order chi connectivity index (χ1) is 10.4. The highest BCUT2D eigenvalue weighted by molar-refractivity contribution is 14.0. The fraction of sp³-hybridized carbons (Fsp3) is 0.533. The number of benzene rings is 1. The average molecular weight is 443 g/mol. The first-order valence-electron chi connectivity index (χ1n) is 7.13. The molecule has 1 fully saturated rings. The van der Waals surface area contributed by atoms with E-state index in [0.29, 0.717) is 24.1 Å². The maximum Gasteiger partial charge on any atom is 0.422 e. The zero-order valence-corrected chi connectivity index (χ0v) is 15.4. The Kier molecular flexibility index (Phi) is 7.43. The van der Waals surface area contributed by atoms with Crippen LogP contribution in [0, 0.1) is 6.92 Å². The van der Waals surface area contributed by atoms with Crippen molar-refractivity contribution in [1.29, 1.82) is 0 Å². The predicted octanol–water partition coefficient (Wildman–Crippen LogP) is 3.38. The molecule has 23 heavy (non-hydrogen) atoms. The molecule has 0 atom stereocenters. The number of aryl methyl sites for hydroxylation is 1. The fourth-order valence-electron chi connectivity index (χ4n) is 1.90. The molecule has 1 aliphatic carbocycles. The van der Waals surface area contributed by atoms with Gasteiger partial charge >= 0.3 is 6.18 Å². The summed E-state index contributed by atoms with van der Waals surface area (Å²) >= 11 is 0. The Morgan fingerprint density at radius 2 is 2.04 bits per heavy atom. The van der Waals surface area contributed by atoms with Crippen molar-refractivity contribution in [2.75, 3.05) is 13.7 Å². The van der Waals surface area contributed by atoms with E-state index in [-0.39, 0.29) is 29.7 Å². The van der Waals surface area contributed by atoms with Crippen molar-refractivity contribution in [2.45, 2.75) is 38.5 Å². The summed E-state index contributed by atoms with van der Waals surface area (Å²) in [5.74, 6) is 0.886. The highest BCUT2D eigenvalue weighted by atomic mass is 127. The van der Waals surface area contributed by atoms with Crippen LogP contribution in [-0.2, 0) is 6.54 Å². The van der Waals surface area contributed by atoms with Gasteiger partial charge in [-0.3, -0.25) is 4.99 Å². The lowest BCUT2D eigenvalue weighted by molar-refractivity contribution is -0.153. The second kappa shape index (κ2) is 8.60. The van der Waals surface area contributed by atoms with Crippen molar-refractivity contribution < 1.29 is 17.9 Å². The van der Waals surface area contributed by atoms with Crippen LogP contribution in [0.3, 0.4) is 0 Å². The minimum absolute atomic E-state index is 0. The van der Waals surface area contributed by atoms with Crippen molar-refractivity contribution >= 4 is 29.9 Å². The Morgan fingerprint density at radius 3 is 2.61 bits per heavy atom. The third-order valence-corrected chi connectivity index (χ3v) is 3.20. The largest absolute Gasteiger partial charge is 0.484 e. The van der Waals surface area contributed by atoms with E-state index in [0.717, 1.165) is 18.4 Å². The summed E-state index contributed by atoms with van der Waals surface area (Å²) in [6.45, 7) is 0.865. The molecule has 8 heteroatoms. The molecule has 0 saturated heterocycles. The normalized spacial score (nSPS) is 14.9. The second-order valence-corrected chi connectivity index (χ2v) is 5.36. The smallest absolute Gasteiger partial charge is 0.422 e. The van der Waals surface area contributed by atoms with E-state index < -0.39 is 12.8 Å². The van der Waals surface area contributed by atoms with E-state index in [2.05, 4.69) is 15.6 Å². The summed E-state index contributed by atoms with van der Waals surface area (Å²) in [5.41, 5.74) is 1.51. The first kappa shape index (κ1) is 19.9. The van der Waals surface area contributed by atoms with Gasteiger partial charge in [0, 0.05) is 25.2 Å². The number of nitrogens with one attached hydrogen (secondary N) is 2. The molecule has 0 aliphatic heterocycles. The van der Waals surface area contributed by atoms with Crippen molar-refractivity contribution in [1.82, 2.24) is 10.6 Å². The number of hydrogen-bond donors (Lipinski definition) is 2. The summed E-state index contributed by atoms with van der Waals surface area (Å²) < 4.78 is 41.9. The number of hydrogen-bond acceptors (Lipinski definition) is 2. The van der Waals surface area contributed by atoms with Crippen LogP contribution < -0.4 is 15.4 Å². The van der Waals surface area contributed by atoms with Crippen molar-refractivity contribution in [3.63, 3.8) is 0 Å². The van der Waals surface area contributed by atoms with Gasteiger partial charge < -0.3 is 15.4 Å². The third-order valence-electron chi connectivity index (χ3n) is 3.20. The molecule has 2 rings (SSSR count). The van der Waals surface area contributed by atoms with Gasteiger partial charge in [0.15, 0.2) is 12.6 Å². The molecule has 1 aromatic rings. The van der Waals surface area contributed by atoms with E-state index >= 15 is 0 Å². The van der Waals surface area contributed by atoms with Gasteiger partial charge in [0.2, 0.25) is 0 Å². The molecule has 1 aliphatic rings. The van der Waals surface area contributed by atoms with E-state index in [9.17, 15) is 13.2 Å². The van der Waals surface area contributed by atoms with Gasteiger partial charge in [-0.2, -0.15) is 13.2 Å². The lowest BCUT2D eigenvalue weighted by Gasteiger charge is -2.16. The molecule has 0 radical (unpaired) electrons. The van der Waals surface area contributed by atoms with E-state index in [1.807, 2.05) is 13.0 Å². The number of alkyl halides is 3. The molecule has 0 aromatic heterocycles. The average Bonchev–Trinajstić information content (AvgIpc) is 3.25. The van der Waals surface area contributed by atoms with Crippen molar-refractivity contribution in [3.8, 4) is 5.75 Å². The van der Waals surface area contributed by atoms with Gasteiger partial charge in [-0.25, -0.2) is 0 Å². The van der Waals surface area contributed by atoms with Gasteiger partial charge in [0.05, 0.1) is 0 Å². The quantitative estimate of drug-likeness (QED) is 0.417. The summed E-state index contributed by atoms with van der Waals surface area (Å²) in [6, 6.07) is 5.66. The summed E-state index contributed by atoms with van der Waals surface area (Å²) in [6.07, 6.45) is -2.12. The number of guanidine groups is 1. The SMILES string of the molecule is CN=C(NCc1ccc(C)cc1OCC(F)(F)F)NC1CC1.I. The molecule has 0 spiro atoms. The van der Waals surface area contributed by atoms with Crippen LogP contribution in [0.1, 0.15) is 24.0 Å². The standard InChI is InChI=1S/C15H20F3N3O.HI/c1-10-3-4-11(13(7-10)22-9-15(16,17)18)8-20-14(19-2)21-12-5-6-12;/h3-4,7,12H,5-6,8-9H2,1-2H3,(H2,19,20,21);1H. The number of nitrogens with zero attached hydrogens (tertiary/aromatic N) is 1. The Balaban J connectivity index is 0.00000264. The van der Waals surface area contributed by atoms with Gasteiger partial charge in [0.1, 0.15) is 5.75 Å². The Hall–Kier alpha value is -1.19. The van der Waals surface area contributed by atoms with Crippen LogP contribution in [0.25, 0.3) is 0 Å². The predicted molar refractivity (Wildman–Crippen MR) is 94.5 cm³/mol. The molecule has 1 aromatic carbocycles. The first-order valence-corrected chi connectivity index (χ1v) is 7.13. The highest BCUT2D eigenvalue weighted by Crippen LogP contribution is 2.24. The number of rotatable bonds is 5. The fourth-order valence-corrected chi connectivity index (χ4v) is 1.90. The van der Waals surface area contributed by atoms with Crippen LogP contribution in [0.4, 0.5) is 13.2 Å². The molecule has 0 unspecified atom stereocenters. The van der Waals surface area contributed by atoms with Crippen molar-refractivity contribution in [3.05, 3.63) is 29.3 Å². The van der Waals surface area contributed by atoms with E-state index in [1.54, 1.807) is 19.2 Å². The molecule has 2 N–H and O–H groups in total. The lowest BCUT2D eigenvalue weighted by atomic mass is 10.1. The Labute approximate surface area is 150 Å². The van der Waals surface area contributed by atoms with Crippen LogP contribution >= 0.6 is 24.0 Å². The molecule has 0 amide bonds. The summed E-state index contributed by atoms with van der Waals surface area (Å²) in [5, 5.41) is 6.31. The van der Waals surface area contributed by atoms with Crippen LogP contribution in [0.2, 0.25) is 0 Å². The Morgan fingerprint density at radius 1 is 1.35 bits per heavy atom. The minimum Gasteiger partial charge on any atom is -0.484 e. The molecule has 0 bridgehead atoms. The molecule has 130 valence electrons. The van der Waals surface area contributed by atoms with Gasteiger partial charge in [-0.15, -0.1) is 24.0 Å². The molecular formula is C15H21F3IN3O. The van der Waals surface area contributed by atoms with Gasteiger partial charge in [-0.1, -0.05) is 12.1 Å². The van der Waals surface area contributed by atoms with Gasteiger partial charge in [-0.05, 0) is 31.4 Å². The maximum absolute atomic E-state index is 12.3.